The molecule has 1 aromatic carbocycles. The highest BCUT2D eigenvalue weighted by Gasteiger charge is 2.41. The van der Waals surface area contributed by atoms with Gasteiger partial charge in [0.25, 0.3) is 0 Å². The first-order valence-corrected chi connectivity index (χ1v) is 5.88. The first-order chi connectivity index (χ1) is 7.90. The third-order valence-corrected chi connectivity index (χ3v) is 3.73. The van der Waals surface area contributed by atoms with Crippen molar-refractivity contribution in [1.82, 2.24) is 0 Å². The Balaban J connectivity index is 1.94. The fourth-order valence-electron chi connectivity index (χ4n) is 2.94. The summed E-state index contributed by atoms with van der Waals surface area (Å²) in [6.45, 7) is 1.00. The van der Waals surface area contributed by atoms with Gasteiger partial charge in [-0.15, -0.1) is 0 Å². The van der Waals surface area contributed by atoms with E-state index in [9.17, 15) is 5.11 Å². The molecule has 84 valence electrons. The topological polar surface area (TPSA) is 29.5 Å². The maximum Gasteiger partial charge on any atom is 0.0745 e. The molecule has 1 fully saturated rings. The van der Waals surface area contributed by atoms with Gasteiger partial charge in [-0.1, -0.05) is 36.4 Å². The van der Waals surface area contributed by atoms with Crippen LogP contribution in [0.15, 0.2) is 42.0 Å². The lowest BCUT2D eigenvalue weighted by molar-refractivity contribution is 0.0918. The van der Waals surface area contributed by atoms with E-state index in [1.807, 2.05) is 6.07 Å². The second-order valence-corrected chi connectivity index (χ2v) is 4.57. The average molecular weight is 216 g/mol. The van der Waals surface area contributed by atoms with Crippen molar-refractivity contribution in [2.75, 3.05) is 13.2 Å². The van der Waals surface area contributed by atoms with Gasteiger partial charge < -0.3 is 9.84 Å². The van der Waals surface area contributed by atoms with Gasteiger partial charge in [0.1, 0.15) is 0 Å². The normalized spacial score (nSPS) is 32.6. The Bertz CT molecular complexity index is 396. The van der Waals surface area contributed by atoms with Crippen LogP contribution in [0.2, 0.25) is 0 Å². The standard InChI is InChI=1S/C14H16O2/c15-9-11-8-13(10-4-2-1-3-5-10)14-12(11)6-7-16-14/h1-5,8,12-15H,6-7,9H2/t12-,13+,14-/m0/s1. The van der Waals surface area contributed by atoms with Crippen LogP contribution in [0.25, 0.3) is 0 Å². The number of aliphatic hydroxyl groups is 1. The molecule has 16 heavy (non-hydrogen) atoms. The van der Waals surface area contributed by atoms with Crippen molar-refractivity contribution in [3.05, 3.63) is 47.5 Å². The molecule has 1 aliphatic heterocycles. The predicted molar refractivity (Wildman–Crippen MR) is 62.2 cm³/mol. The highest BCUT2D eigenvalue weighted by Crippen LogP contribution is 2.44. The minimum atomic E-state index is 0.174. The summed E-state index contributed by atoms with van der Waals surface area (Å²) in [6, 6.07) is 10.4. The van der Waals surface area contributed by atoms with Crippen LogP contribution in [0.1, 0.15) is 17.9 Å². The van der Waals surface area contributed by atoms with E-state index in [4.69, 9.17) is 4.74 Å². The van der Waals surface area contributed by atoms with Gasteiger partial charge in [-0.3, -0.25) is 0 Å². The number of ether oxygens (including phenoxy) is 1. The van der Waals surface area contributed by atoms with Crippen molar-refractivity contribution in [2.45, 2.75) is 18.4 Å². The van der Waals surface area contributed by atoms with Crippen LogP contribution in [-0.2, 0) is 4.74 Å². The van der Waals surface area contributed by atoms with E-state index in [2.05, 4.69) is 30.3 Å². The van der Waals surface area contributed by atoms with E-state index in [0.29, 0.717) is 11.8 Å². The van der Waals surface area contributed by atoms with Gasteiger partial charge >= 0.3 is 0 Å². The van der Waals surface area contributed by atoms with Gasteiger partial charge in [-0.2, -0.15) is 0 Å². The van der Waals surface area contributed by atoms with Gasteiger partial charge in [0, 0.05) is 18.4 Å². The quantitative estimate of drug-likeness (QED) is 0.767. The molecule has 0 amide bonds. The van der Waals surface area contributed by atoms with E-state index in [1.54, 1.807) is 0 Å². The first-order valence-electron chi connectivity index (χ1n) is 5.88. The molecule has 0 radical (unpaired) electrons. The molecule has 0 bridgehead atoms. The van der Waals surface area contributed by atoms with E-state index in [1.165, 1.54) is 5.56 Å². The summed E-state index contributed by atoms with van der Waals surface area (Å²) in [7, 11) is 0. The molecule has 1 aromatic rings. The van der Waals surface area contributed by atoms with Crippen molar-refractivity contribution in [1.29, 1.82) is 0 Å². The lowest BCUT2D eigenvalue weighted by atomic mass is 9.91. The van der Waals surface area contributed by atoms with Crippen LogP contribution in [0.3, 0.4) is 0 Å². The molecular weight excluding hydrogens is 200 g/mol. The van der Waals surface area contributed by atoms with Crippen LogP contribution in [-0.4, -0.2) is 24.4 Å². The van der Waals surface area contributed by atoms with E-state index in [0.717, 1.165) is 18.6 Å². The molecule has 0 spiro atoms. The number of fused-ring (bicyclic) bond motifs is 1. The molecule has 2 aliphatic rings. The van der Waals surface area contributed by atoms with Crippen LogP contribution < -0.4 is 0 Å². The number of hydrogen-bond donors (Lipinski definition) is 1. The molecule has 2 nitrogen and oxygen atoms in total. The summed E-state index contributed by atoms with van der Waals surface area (Å²) in [5.74, 6) is 0.769. The summed E-state index contributed by atoms with van der Waals surface area (Å²) < 4.78 is 5.81. The lowest BCUT2D eigenvalue weighted by Gasteiger charge is -2.18. The maximum absolute atomic E-state index is 9.35. The summed E-state index contributed by atoms with van der Waals surface area (Å²) in [5.41, 5.74) is 2.46. The van der Waals surface area contributed by atoms with Crippen molar-refractivity contribution in [3.63, 3.8) is 0 Å². The van der Waals surface area contributed by atoms with Gasteiger partial charge in [-0.25, -0.2) is 0 Å². The highest BCUT2D eigenvalue weighted by molar-refractivity contribution is 5.34. The second-order valence-electron chi connectivity index (χ2n) is 4.57. The summed E-state index contributed by atoms with van der Waals surface area (Å²) in [6.07, 6.45) is 3.51. The Morgan fingerprint density at radius 1 is 1.25 bits per heavy atom. The molecule has 1 N–H and O–H groups in total. The molecule has 3 atom stereocenters. The molecule has 1 aliphatic carbocycles. The van der Waals surface area contributed by atoms with Gasteiger partial charge in [0.05, 0.1) is 12.7 Å². The monoisotopic (exact) mass is 216 g/mol. The van der Waals surface area contributed by atoms with Gasteiger partial charge in [0.2, 0.25) is 0 Å². The van der Waals surface area contributed by atoms with Gasteiger partial charge in [-0.05, 0) is 17.6 Å². The maximum atomic E-state index is 9.35. The molecule has 1 saturated heterocycles. The zero-order valence-electron chi connectivity index (χ0n) is 9.17. The summed E-state index contributed by atoms with van der Waals surface area (Å²) in [5, 5.41) is 9.35. The van der Waals surface area contributed by atoms with Crippen LogP contribution in [0, 0.1) is 5.92 Å². The third-order valence-electron chi connectivity index (χ3n) is 3.73. The minimum Gasteiger partial charge on any atom is -0.392 e. The molecule has 3 rings (SSSR count). The van der Waals surface area contributed by atoms with E-state index in [-0.39, 0.29) is 12.7 Å². The number of benzene rings is 1. The average Bonchev–Trinajstić information content (AvgIpc) is 2.91. The minimum absolute atomic E-state index is 0.174. The van der Waals surface area contributed by atoms with Crippen LogP contribution in [0.5, 0.6) is 0 Å². The van der Waals surface area contributed by atoms with Crippen molar-refractivity contribution >= 4 is 0 Å². The van der Waals surface area contributed by atoms with E-state index >= 15 is 0 Å². The van der Waals surface area contributed by atoms with Crippen LogP contribution >= 0.6 is 0 Å². The molecule has 2 heteroatoms. The Kier molecular flexibility index (Phi) is 2.54. The first kappa shape index (κ1) is 10.1. The Morgan fingerprint density at radius 3 is 2.81 bits per heavy atom. The van der Waals surface area contributed by atoms with Gasteiger partial charge in [0.15, 0.2) is 0 Å². The second kappa shape index (κ2) is 4.04. The Morgan fingerprint density at radius 2 is 2.06 bits per heavy atom. The molecular formula is C14H16O2. The highest BCUT2D eigenvalue weighted by atomic mass is 16.5. The molecule has 0 saturated carbocycles. The Labute approximate surface area is 95.6 Å². The van der Waals surface area contributed by atoms with E-state index < -0.39 is 0 Å². The third kappa shape index (κ3) is 1.49. The zero-order chi connectivity index (χ0) is 11.0. The number of aliphatic hydroxyl groups excluding tert-OH is 1. The van der Waals surface area contributed by atoms with Crippen molar-refractivity contribution < 1.29 is 9.84 Å². The summed E-state index contributed by atoms with van der Waals surface area (Å²) in [4.78, 5) is 0. The zero-order valence-corrected chi connectivity index (χ0v) is 9.17. The van der Waals surface area contributed by atoms with Crippen molar-refractivity contribution in [3.8, 4) is 0 Å². The van der Waals surface area contributed by atoms with Crippen molar-refractivity contribution in [2.24, 2.45) is 5.92 Å². The smallest absolute Gasteiger partial charge is 0.0745 e. The predicted octanol–water partition coefficient (Wildman–Crippen LogP) is 2.11. The number of hydrogen-bond acceptors (Lipinski definition) is 2. The SMILES string of the molecule is OCC1=C[C@H](c2ccccc2)[C@H]2OCC[C@@H]12. The fraction of sp³-hybridized carbons (Fsp3) is 0.429. The molecule has 0 aromatic heterocycles. The summed E-state index contributed by atoms with van der Waals surface area (Å²) >= 11 is 0. The fourth-order valence-corrected chi connectivity index (χ4v) is 2.94. The molecule has 1 heterocycles. The lowest BCUT2D eigenvalue weighted by Crippen LogP contribution is -2.19. The van der Waals surface area contributed by atoms with Crippen LogP contribution in [0.4, 0.5) is 0 Å². The molecule has 0 unspecified atom stereocenters. The largest absolute Gasteiger partial charge is 0.392 e. The Hall–Kier alpha value is -1.12. The number of rotatable bonds is 2.